The van der Waals surface area contributed by atoms with Crippen LogP contribution in [0.1, 0.15) is 6.92 Å². The van der Waals surface area contributed by atoms with Gasteiger partial charge in [-0.25, -0.2) is 4.79 Å². The molecule has 6 nitrogen and oxygen atoms in total. The van der Waals surface area contributed by atoms with Crippen LogP contribution >= 0.6 is 15.9 Å². The second-order valence-corrected chi connectivity index (χ2v) is 5.26. The average Bonchev–Trinajstić information content (AvgIpc) is 2.69. The number of fused-ring (bicyclic) bond motifs is 1. The molecule has 19 heavy (non-hydrogen) atoms. The lowest BCUT2D eigenvalue weighted by atomic mass is 10.1. The number of H-pyrrole nitrogens is 2. The molecule has 1 amide bonds. The van der Waals surface area contributed by atoms with E-state index in [-0.39, 0.29) is 17.5 Å². The van der Waals surface area contributed by atoms with Gasteiger partial charge in [0.25, 0.3) is 0 Å². The summed E-state index contributed by atoms with van der Waals surface area (Å²) < 4.78 is 0.722. The highest BCUT2D eigenvalue weighted by Gasteiger charge is 2.14. The number of carbonyl (C=O) groups is 1. The summed E-state index contributed by atoms with van der Waals surface area (Å²) in [6.07, 6.45) is 0. The second kappa shape index (κ2) is 5.58. The Morgan fingerprint density at radius 2 is 2.00 bits per heavy atom. The van der Waals surface area contributed by atoms with Crippen LogP contribution in [0.5, 0.6) is 0 Å². The van der Waals surface area contributed by atoms with Crippen LogP contribution in [0.15, 0.2) is 21.4 Å². The summed E-state index contributed by atoms with van der Waals surface area (Å²) in [7, 11) is 1.80. The lowest BCUT2D eigenvalue weighted by Gasteiger charge is -2.12. The van der Waals surface area contributed by atoms with E-state index in [1.54, 1.807) is 19.2 Å². The lowest BCUT2D eigenvalue weighted by molar-refractivity contribution is -0.119. The van der Waals surface area contributed by atoms with E-state index in [1.165, 1.54) is 0 Å². The van der Waals surface area contributed by atoms with Crippen molar-refractivity contribution in [2.45, 2.75) is 6.92 Å². The highest BCUT2D eigenvalue weighted by molar-refractivity contribution is 9.10. The third kappa shape index (κ3) is 3.05. The molecule has 0 fully saturated rings. The summed E-state index contributed by atoms with van der Waals surface area (Å²) in [6.45, 7) is 2.45. The highest BCUT2D eigenvalue weighted by atomic mass is 79.9. The number of aromatic nitrogens is 2. The normalized spacial score (nSPS) is 12.6. The van der Waals surface area contributed by atoms with Crippen molar-refractivity contribution in [2.75, 3.05) is 18.9 Å². The molecule has 0 spiro atoms. The van der Waals surface area contributed by atoms with E-state index in [1.807, 2.05) is 6.92 Å². The van der Waals surface area contributed by atoms with E-state index in [9.17, 15) is 9.59 Å². The molecule has 1 aromatic heterocycles. The van der Waals surface area contributed by atoms with Gasteiger partial charge < -0.3 is 20.6 Å². The zero-order valence-electron chi connectivity index (χ0n) is 10.6. The Morgan fingerprint density at radius 3 is 2.63 bits per heavy atom. The molecule has 1 heterocycles. The van der Waals surface area contributed by atoms with Gasteiger partial charge >= 0.3 is 5.69 Å². The van der Waals surface area contributed by atoms with E-state index in [0.29, 0.717) is 23.3 Å². The number of hydrogen-bond acceptors (Lipinski definition) is 3. The van der Waals surface area contributed by atoms with Gasteiger partial charge in [-0.05, 0) is 35.1 Å². The van der Waals surface area contributed by atoms with E-state index < -0.39 is 0 Å². The number of carbonyl (C=O) groups excluding carboxylic acids is 1. The van der Waals surface area contributed by atoms with Crippen molar-refractivity contribution in [1.29, 1.82) is 0 Å². The Balaban J connectivity index is 2.27. The largest absolute Gasteiger partial charge is 0.325 e. The molecule has 0 aliphatic rings. The van der Waals surface area contributed by atoms with E-state index in [0.717, 1.165) is 4.47 Å². The topological polar surface area (TPSA) is 89.8 Å². The molecule has 0 radical (unpaired) electrons. The number of hydrogen-bond donors (Lipinski definition) is 4. The van der Waals surface area contributed by atoms with E-state index >= 15 is 0 Å². The van der Waals surface area contributed by atoms with Gasteiger partial charge in [-0.2, -0.15) is 0 Å². The standard InChI is InChI=1S/C12H15BrN4O2/c1-6(5-14-2)11(18)15-8-4-10-9(3-7(8)13)16-12(19)17-10/h3-4,6,14H,5H2,1-2H3,(H,15,18)(H2,16,17,19). The average molecular weight is 327 g/mol. The molecule has 0 aliphatic carbocycles. The van der Waals surface area contributed by atoms with Crippen LogP contribution in [-0.4, -0.2) is 29.5 Å². The zero-order valence-corrected chi connectivity index (χ0v) is 12.2. The van der Waals surface area contributed by atoms with E-state index in [4.69, 9.17) is 0 Å². The minimum atomic E-state index is -0.270. The number of nitrogens with one attached hydrogen (secondary N) is 4. The first-order valence-electron chi connectivity index (χ1n) is 5.88. The van der Waals surface area contributed by atoms with Crippen molar-refractivity contribution in [1.82, 2.24) is 15.3 Å². The Kier molecular flexibility index (Phi) is 4.06. The van der Waals surface area contributed by atoms with Crippen molar-refractivity contribution in [2.24, 2.45) is 5.92 Å². The predicted octanol–water partition coefficient (Wildman–Crippen LogP) is 1.41. The molecular formula is C12H15BrN4O2. The van der Waals surface area contributed by atoms with E-state index in [2.05, 4.69) is 36.5 Å². The number of imidazole rings is 1. The molecule has 102 valence electrons. The molecule has 0 saturated heterocycles. The maximum atomic E-state index is 11.9. The van der Waals surface area contributed by atoms with Gasteiger partial charge in [0.15, 0.2) is 0 Å². The van der Waals surface area contributed by atoms with Crippen LogP contribution in [0.4, 0.5) is 5.69 Å². The Morgan fingerprint density at radius 1 is 1.37 bits per heavy atom. The fraction of sp³-hybridized carbons (Fsp3) is 0.333. The molecule has 2 aromatic rings. The second-order valence-electron chi connectivity index (χ2n) is 4.40. The molecule has 0 bridgehead atoms. The minimum Gasteiger partial charge on any atom is -0.325 e. The van der Waals surface area contributed by atoms with Gasteiger partial charge in [-0.1, -0.05) is 6.92 Å². The predicted molar refractivity (Wildman–Crippen MR) is 78.3 cm³/mol. The molecule has 4 N–H and O–H groups in total. The first kappa shape index (κ1) is 13.8. The van der Waals surface area contributed by atoms with Crippen molar-refractivity contribution in [3.8, 4) is 0 Å². The third-order valence-electron chi connectivity index (χ3n) is 2.82. The minimum absolute atomic E-state index is 0.0766. The maximum absolute atomic E-state index is 11.9. The Labute approximate surface area is 118 Å². The number of aromatic amines is 2. The van der Waals surface area contributed by atoms with Gasteiger partial charge in [0.1, 0.15) is 0 Å². The van der Waals surface area contributed by atoms with Crippen LogP contribution in [-0.2, 0) is 4.79 Å². The summed E-state index contributed by atoms with van der Waals surface area (Å²) in [6, 6.07) is 3.48. The van der Waals surface area contributed by atoms with Crippen LogP contribution in [0.3, 0.4) is 0 Å². The first-order valence-corrected chi connectivity index (χ1v) is 6.67. The quantitative estimate of drug-likeness (QED) is 0.684. The summed E-state index contributed by atoms with van der Waals surface area (Å²) in [5.74, 6) is -0.217. The fourth-order valence-corrected chi connectivity index (χ4v) is 2.25. The number of halogens is 1. The lowest BCUT2D eigenvalue weighted by Crippen LogP contribution is -2.28. The summed E-state index contributed by atoms with van der Waals surface area (Å²) >= 11 is 3.38. The van der Waals surface area contributed by atoms with Crippen LogP contribution in [0.2, 0.25) is 0 Å². The van der Waals surface area contributed by atoms with Crippen molar-refractivity contribution >= 4 is 38.6 Å². The SMILES string of the molecule is CNCC(C)C(=O)Nc1cc2[nH]c(=O)[nH]c2cc1Br. The highest BCUT2D eigenvalue weighted by Crippen LogP contribution is 2.26. The summed E-state index contributed by atoms with van der Waals surface area (Å²) in [5.41, 5.74) is 1.72. The van der Waals surface area contributed by atoms with Crippen LogP contribution in [0.25, 0.3) is 11.0 Å². The first-order chi connectivity index (χ1) is 9.01. The van der Waals surface area contributed by atoms with Gasteiger partial charge in [0.2, 0.25) is 5.91 Å². The van der Waals surface area contributed by atoms with Gasteiger partial charge in [0, 0.05) is 16.9 Å². The van der Waals surface area contributed by atoms with Crippen LogP contribution in [0, 0.1) is 5.92 Å². The number of rotatable bonds is 4. The molecule has 1 aromatic carbocycles. The monoisotopic (exact) mass is 326 g/mol. The molecule has 0 aliphatic heterocycles. The molecule has 7 heteroatoms. The maximum Gasteiger partial charge on any atom is 0.323 e. The van der Waals surface area contributed by atoms with Gasteiger partial charge in [-0.3, -0.25) is 4.79 Å². The number of amides is 1. The molecular weight excluding hydrogens is 312 g/mol. The molecule has 1 unspecified atom stereocenters. The van der Waals surface area contributed by atoms with Crippen molar-refractivity contribution < 1.29 is 4.79 Å². The third-order valence-corrected chi connectivity index (χ3v) is 3.48. The Bertz CT molecular complexity index is 661. The summed E-state index contributed by atoms with van der Waals surface area (Å²) in [4.78, 5) is 28.5. The number of anilines is 1. The van der Waals surface area contributed by atoms with Crippen LogP contribution < -0.4 is 16.3 Å². The molecule has 1 atom stereocenters. The molecule has 2 rings (SSSR count). The number of benzene rings is 1. The van der Waals surface area contributed by atoms with Crippen molar-refractivity contribution in [3.63, 3.8) is 0 Å². The zero-order chi connectivity index (χ0) is 14.0. The molecule has 0 saturated carbocycles. The smallest absolute Gasteiger partial charge is 0.323 e. The Hall–Kier alpha value is -1.60. The van der Waals surface area contributed by atoms with Gasteiger partial charge in [-0.15, -0.1) is 0 Å². The van der Waals surface area contributed by atoms with Crippen molar-refractivity contribution in [3.05, 3.63) is 27.1 Å². The van der Waals surface area contributed by atoms with Gasteiger partial charge in [0.05, 0.1) is 16.7 Å². The summed E-state index contributed by atoms with van der Waals surface area (Å²) in [5, 5.41) is 5.79. The fourth-order valence-electron chi connectivity index (χ4n) is 1.81.